The van der Waals surface area contributed by atoms with E-state index in [9.17, 15) is 4.79 Å². The van der Waals surface area contributed by atoms with Gasteiger partial charge in [0.25, 0.3) is 5.91 Å². The maximum Gasteiger partial charge on any atom is 0.254 e. The fourth-order valence-corrected chi connectivity index (χ4v) is 1.97. The highest BCUT2D eigenvalue weighted by molar-refractivity contribution is 9.10. The maximum atomic E-state index is 11.1. The number of carbonyl (C=O) groups excluding carboxylic acids is 1. The third-order valence-corrected chi connectivity index (χ3v) is 2.74. The fraction of sp³-hybridized carbons (Fsp3) is 0.0909. The molecule has 0 unspecified atom stereocenters. The van der Waals surface area contributed by atoms with Gasteiger partial charge in [0.05, 0.1) is 7.11 Å². The van der Waals surface area contributed by atoms with E-state index in [4.69, 9.17) is 20.3 Å². The van der Waals surface area contributed by atoms with Crippen molar-refractivity contribution in [3.8, 4) is 5.75 Å². The number of amides is 1. The zero-order chi connectivity index (χ0) is 12.6. The minimum absolute atomic E-state index is 0.0395. The van der Waals surface area contributed by atoms with E-state index in [1.807, 2.05) is 0 Å². The Bertz CT molecular complexity index is 664. The maximum absolute atomic E-state index is 11.1. The Balaban J connectivity index is 2.87. The van der Waals surface area contributed by atoms with Crippen LogP contribution in [0.25, 0.3) is 11.0 Å². The summed E-state index contributed by atoms with van der Waals surface area (Å²) in [5.41, 5.74) is 5.33. The van der Waals surface area contributed by atoms with Gasteiger partial charge >= 0.3 is 0 Å². The summed E-state index contributed by atoms with van der Waals surface area (Å²) in [6, 6.07) is 4.99. The second kappa shape index (κ2) is 4.21. The van der Waals surface area contributed by atoms with Gasteiger partial charge in [-0.2, -0.15) is 0 Å². The van der Waals surface area contributed by atoms with Crippen molar-refractivity contribution in [2.45, 2.75) is 0 Å². The van der Waals surface area contributed by atoms with Crippen LogP contribution in [-0.2, 0) is 0 Å². The molecule has 2 rings (SSSR count). The van der Waals surface area contributed by atoms with Crippen molar-refractivity contribution < 1.29 is 13.9 Å². The Labute approximate surface area is 105 Å². The first-order valence-electron chi connectivity index (χ1n) is 4.68. The lowest BCUT2D eigenvalue weighted by Crippen LogP contribution is -2.20. The number of methoxy groups -OCH3 is 1. The van der Waals surface area contributed by atoms with Gasteiger partial charge in [0.2, 0.25) is 5.55 Å². The van der Waals surface area contributed by atoms with Gasteiger partial charge in [-0.3, -0.25) is 10.2 Å². The molecule has 0 aliphatic carbocycles. The minimum atomic E-state index is -0.695. The van der Waals surface area contributed by atoms with E-state index < -0.39 is 5.91 Å². The Morgan fingerprint density at radius 1 is 1.47 bits per heavy atom. The van der Waals surface area contributed by atoms with Gasteiger partial charge in [-0.1, -0.05) is 15.9 Å². The van der Waals surface area contributed by atoms with Crippen LogP contribution in [-0.4, -0.2) is 13.0 Å². The number of nitrogens with two attached hydrogens (primary N) is 1. The highest BCUT2D eigenvalue weighted by atomic mass is 79.9. The largest absolute Gasteiger partial charge is 0.493 e. The zero-order valence-corrected chi connectivity index (χ0v) is 10.5. The van der Waals surface area contributed by atoms with Crippen LogP contribution >= 0.6 is 15.9 Å². The molecule has 1 heterocycles. The van der Waals surface area contributed by atoms with Crippen LogP contribution in [0.4, 0.5) is 0 Å². The number of carbonyl (C=O) groups is 1. The number of primary amides is 1. The summed E-state index contributed by atoms with van der Waals surface area (Å²) < 4.78 is 11.2. The van der Waals surface area contributed by atoms with Gasteiger partial charge in [-0.25, -0.2) is 0 Å². The lowest BCUT2D eigenvalue weighted by atomic mass is 10.1. The van der Waals surface area contributed by atoms with Crippen molar-refractivity contribution in [1.82, 2.24) is 0 Å². The van der Waals surface area contributed by atoms with E-state index in [2.05, 4.69) is 15.9 Å². The van der Waals surface area contributed by atoms with Gasteiger partial charge in [0.15, 0.2) is 11.3 Å². The average Bonchev–Trinajstić information content (AvgIpc) is 2.27. The monoisotopic (exact) mass is 296 g/mol. The molecule has 0 aliphatic rings. The lowest BCUT2D eigenvalue weighted by Gasteiger charge is -2.06. The molecule has 5 nitrogen and oxygen atoms in total. The molecule has 0 spiro atoms. The van der Waals surface area contributed by atoms with Crippen LogP contribution in [0.15, 0.2) is 27.1 Å². The lowest BCUT2D eigenvalue weighted by molar-refractivity contribution is 0.0996. The number of rotatable bonds is 2. The summed E-state index contributed by atoms with van der Waals surface area (Å²) in [6.07, 6.45) is 0. The molecule has 1 aromatic heterocycles. The molecule has 0 radical (unpaired) electrons. The SMILES string of the molecule is COc1cc(Br)cc2cc(C(N)=O)c(=N)oc12. The molecule has 0 aliphatic heterocycles. The first kappa shape index (κ1) is 11.7. The van der Waals surface area contributed by atoms with Gasteiger partial charge in [-0.15, -0.1) is 0 Å². The zero-order valence-electron chi connectivity index (χ0n) is 8.91. The number of hydrogen-bond donors (Lipinski definition) is 2. The quantitative estimate of drug-likeness (QED) is 0.885. The van der Waals surface area contributed by atoms with Crippen LogP contribution in [0.2, 0.25) is 0 Å². The molecule has 0 bridgehead atoms. The van der Waals surface area contributed by atoms with Gasteiger partial charge in [0.1, 0.15) is 5.56 Å². The molecule has 0 fully saturated rings. The predicted molar refractivity (Wildman–Crippen MR) is 64.8 cm³/mol. The van der Waals surface area contributed by atoms with Crippen molar-refractivity contribution >= 4 is 32.8 Å². The highest BCUT2D eigenvalue weighted by Crippen LogP contribution is 2.29. The second-order valence-corrected chi connectivity index (χ2v) is 4.30. The van der Waals surface area contributed by atoms with Gasteiger partial charge in [0, 0.05) is 9.86 Å². The molecule has 6 heteroatoms. The van der Waals surface area contributed by atoms with Crippen LogP contribution in [0.1, 0.15) is 10.4 Å². The Morgan fingerprint density at radius 3 is 2.76 bits per heavy atom. The van der Waals surface area contributed by atoms with Crippen molar-refractivity contribution in [2.24, 2.45) is 5.73 Å². The summed E-state index contributed by atoms with van der Waals surface area (Å²) in [6.45, 7) is 0. The fourth-order valence-electron chi connectivity index (χ4n) is 1.52. The summed E-state index contributed by atoms with van der Waals surface area (Å²) in [4.78, 5) is 11.1. The van der Waals surface area contributed by atoms with Gasteiger partial charge < -0.3 is 14.9 Å². The van der Waals surface area contributed by atoms with Gasteiger partial charge in [-0.05, 0) is 18.2 Å². The van der Waals surface area contributed by atoms with E-state index in [1.165, 1.54) is 13.2 Å². The molecule has 17 heavy (non-hydrogen) atoms. The normalized spacial score (nSPS) is 10.5. The number of benzene rings is 1. The van der Waals surface area contributed by atoms with Crippen molar-refractivity contribution in [1.29, 1.82) is 5.41 Å². The van der Waals surface area contributed by atoms with E-state index in [-0.39, 0.29) is 11.1 Å². The molecule has 0 saturated carbocycles. The van der Waals surface area contributed by atoms with Crippen LogP contribution in [0, 0.1) is 5.41 Å². The molecular formula is C11H9BrN2O3. The topological polar surface area (TPSA) is 89.3 Å². The molecule has 2 aromatic rings. The van der Waals surface area contributed by atoms with Crippen LogP contribution in [0.5, 0.6) is 5.75 Å². The summed E-state index contributed by atoms with van der Waals surface area (Å²) in [5.74, 6) is -0.210. The first-order chi connectivity index (χ1) is 8.02. The van der Waals surface area contributed by atoms with E-state index in [0.717, 1.165) is 4.47 Å². The van der Waals surface area contributed by atoms with E-state index in [1.54, 1.807) is 12.1 Å². The molecule has 88 valence electrons. The van der Waals surface area contributed by atoms with Crippen molar-refractivity contribution in [3.05, 3.63) is 33.8 Å². The number of ether oxygens (including phenoxy) is 1. The number of halogens is 1. The Hall–Kier alpha value is -1.82. The number of nitrogens with one attached hydrogen (secondary N) is 1. The van der Waals surface area contributed by atoms with Crippen molar-refractivity contribution in [3.63, 3.8) is 0 Å². The summed E-state index contributed by atoms with van der Waals surface area (Å²) >= 11 is 3.32. The minimum Gasteiger partial charge on any atom is -0.493 e. The predicted octanol–water partition coefficient (Wildman–Crippen LogP) is 1.78. The third kappa shape index (κ3) is 2.03. The first-order valence-corrected chi connectivity index (χ1v) is 5.48. The number of hydrogen-bond acceptors (Lipinski definition) is 4. The Morgan fingerprint density at radius 2 is 2.18 bits per heavy atom. The summed E-state index contributed by atoms with van der Waals surface area (Å²) in [5, 5.41) is 8.21. The molecule has 1 amide bonds. The van der Waals surface area contributed by atoms with E-state index >= 15 is 0 Å². The molecule has 3 N–H and O–H groups in total. The molecular weight excluding hydrogens is 288 g/mol. The Kier molecular flexibility index (Phi) is 2.89. The van der Waals surface area contributed by atoms with E-state index in [0.29, 0.717) is 16.7 Å². The molecule has 0 atom stereocenters. The second-order valence-electron chi connectivity index (χ2n) is 3.38. The average molecular weight is 297 g/mol. The van der Waals surface area contributed by atoms with Crippen LogP contribution < -0.4 is 16.0 Å². The smallest absolute Gasteiger partial charge is 0.254 e. The molecule has 0 saturated heterocycles. The summed E-state index contributed by atoms with van der Waals surface area (Å²) in [7, 11) is 1.50. The highest BCUT2D eigenvalue weighted by Gasteiger charge is 2.11. The number of fused-ring (bicyclic) bond motifs is 1. The van der Waals surface area contributed by atoms with Crippen molar-refractivity contribution in [2.75, 3.05) is 7.11 Å². The standard InChI is InChI=1S/C11H9BrN2O3/c1-16-8-4-6(12)2-5-3-7(10(13)15)11(14)17-9(5)8/h2-4,14H,1H3,(H2,13,15). The molecule has 1 aromatic carbocycles. The third-order valence-electron chi connectivity index (χ3n) is 2.28. The van der Waals surface area contributed by atoms with Crippen LogP contribution in [0.3, 0.4) is 0 Å².